The van der Waals surface area contributed by atoms with Crippen molar-refractivity contribution >= 4 is 0 Å². The van der Waals surface area contributed by atoms with Crippen LogP contribution >= 0.6 is 0 Å². The van der Waals surface area contributed by atoms with E-state index >= 15 is 0 Å². The van der Waals surface area contributed by atoms with E-state index in [-0.39, 0.29) is 0 Å². The van der Waals surface area contributed by atoms with Crippen molar-refractivity contribution in [1.82, 2.24) is 4.90 Å². The van der Waals surface area contributed by atoms with Crippen LogP contribution in [0.4, 0.5) is 0 Å². The van der Waals surface area contributed by atoms with Crippen LogP contribution in [0.25, 0.3) is 0 Å². The van der Waals surface area contributed by atoms with E-state index in [0.29, 0.717) is 0 Å². The molecule has 2 rings (SSSR count). The zero-order valence-electron chi connectivity index (χ0n) is 11.9. The molecule has 17 heavy (non-hydrogen) atoms. The molecule has 0 bridgehead atoms. The number of hydrogen-bond donors (Lipinski definition) is 1. The summed E-state index contributed by atoms with van der Waals surface area (Å²) >= 11 is 0. The topological polar surface area (TPSA) is 29.3 Å². The zero-order chi connectivity index (χ0) is 12.4. The molecule has 0 radical (unpaired) electrons. The van der Waals surface area contributed by atoms with Crippen LogP contribution in [0.15, 0.2) is 0 Å². The molecule has 2 heteroatoms. The molecule has 2 nitrogen and oxygen atoms in total. The van der Waals surface area contributed by atoms with Crippen LogP contribution in [0.1, 0.15) is 59.3 Å². The van der Waals surface area contributed by atoms with E-state index in [1.807, 2.05) is 0 Å². The van der Waals surface area contributed by atoms with E-state index in [1.54, 1.807) is 0 Å². The summed E-state index contributed by atoms with van der Waals surface area (Å²) in [5.74, 6) is 1.64. The molecule has 0 spiro atoms. The molecule has 5 unspecified atom stereocenters. The summed E-state index contributed by atoms with van der Waals surface area (Å²) in [4.78, 5) is 2.82. The minimum absolute atomic E-state index is 0.745. The fraction of sp³-hybridized carbons (Fsp3) is 1.00. The Labute approximate surface area is 107 Å². The van der Waals surface area contributed by atoms with Gasteiger partial charge in [0.2, 0.25) is 0 Å². The summed E-state index contributed by atoms with van der Waals surface area (Å²) in [6, 6.07) is 2.29. The minimum atomic E-state index is 0.745. The average Bonchev–Trinajstić information content (AvgIpc) is 2.29. The van der Waals surface area contributed by atoms with Crippen LogP contribution in [-0.4, -0.2) is 29.6 Å². The number of likely N-dealkylation sites (tertiary alicyclic amines) is 1. The lowest BCUT2D eigenvalue weighted by molar-refractivity contribution is -0.0000216. The third-order valence-electron chi connectivity index (χ3n) is 5.17. The minimum Gasteiger partial charge on any atom is -0.330 e. The molecule has 1 heterocycles. The fourth-order valence-corrected chi connectivity index (χ4v) is 4.15. The van der Waals surface area contributed by atoms with Gasteiger partial charge in [0.1, 0.15) is 0 Å². The number of piperidine rings is 1. The molecular weight excluding hydrogens is 208 g/mol. The second-order valence-electron chi connectivity index (χ2n) is 6.56. The highest BCUT2D eigenvalue weighted by atomic mass is 15.2. The van der Waals surface area contributed by atoms with Gasteiger partial charge in [-0.05, 0) is 57.9 Å². The smallest absolute Gasteiger partial charge is 0.0144 e. The molecule has 2 aliphatic rings. The van der Waals surface area contributed by atoms with E-state index < -0.39 is 0 Å². The highest BCUT2D eigenvalue weighted by molar-refractivity contribution is 4.92. The van der Waals surface area contributed by atoms with Crippen LogP contribution in [0.2, 0.25) is 0 Å². The molecule has 0 aromatic heterocycles. The molecule has 1 saturated heterocycles. The predicted octanol–water partition coefficient (Wildman–Crippen LogP) is 3.01. The van der Waals surface area contributed by atoms with Crippen LogP contribution < -0.4 is 5.73 Å². The van der Waals surface area contributed by atoms with Gasteiger partial charge >= 0.3 is 0 Å². The third kappa shape index (κ3) is 2.85. The zero-order valence-corrected chi connectivity index (χ0v) is 11.9. The maximum absolute atomic E-state index is 6.01. The van der Waals surface area contributed by atoms with Gasteiger partial charge in [0.15, 0.2) is 0 Å². The molecule has 2 fully saturated rings. The summed E-state index contributed by atoms with van der Waals surface area (Å²) in [5, 5.41) is 0. The number of nitrogens with zero attached hydrogens (tertiary/aromatic N) is 1. The van der Waals surface area contributed by atoms with Gasteiger partial charge in [0.25, 0.3) is 0 Å². The lowest BCUT2D eigenvalue weighted by Gasteiger charge is -2.49. The molecule has 1 saturated carbocycles. The highest BCUT2D eigenvalue weighted by Crippen LogP contribution is 2.36. The molecular formula is C15H30N2. The van der Waals surface area contributed by atoms with Gasteiger partial charge < -0.3 is 5.73 Å². The van der Waals surface area contributed by atoms with E-state index in [1.165, 1.54) is 38.5 Å². The van der Waals surface area contributed by atoms with Crippen LogP contribution in [0.5, 0.6) is 0 Å². The van der Waals surface area contributed by atoms with Gasteiger partial charge in [-0.3, -0.25) is 4.90 Å². The Morgan fingerprint density at radius 3 is 2.24 bits per heavy atom. The van der Waals surface area contributed by atoms with Crippen molar-refractivity contribution in [3.63, 3.8) is 0 Å². The lowest BCUT2D eigenvalue weighted by atomic mass is 9.76. The normalized spacial score (nSPS) is 44.8. The molecule has 1 aliphatic heterocycles. The monoisotopic (exact) mass is 238 g/mol. The second kappa shape index (κ2) is 5.71. The SMILES string of the molecule is CC1CCC(CN)C(N2C(C)CCCC2C)C1. The Morgan fingerprint density at radius 2 is 1.65 bits per heavy atom. The molecule has 5 atom stereocenters. The van der Waals surface area contributed by atoms with Crippen molar-refractivity contribution < 1.29 is 0 Å². The molecule has 1 aliphatic carbocycles. The summed E-state index contributed by atoms with van der Waals surface area (Å²) in [7, 11) is 0. The Kier molecular flexibility index (Phi) is 4.48. The molecule has 2 N–H and O–H groups in total. The van der Waals surface area contributed by atoms with Gasteiger partial charge in [-0.25, -0.2) is 0 Å². The summed E-state index contributed by atoms with van der Waals surface area (Å²) < 4.78 is 0. The number of nitrogens with two attached hydrogens (primary N) is 1. The van der Waals surface area contributed by atoms with Gasteiger partial charge in [-0.1, -0.05) is 19.8 Å². The van der Waals surface area contributed by atoms with Crippen molar-refractivity contribution in [2.75, 3.05) is 6.54 Å². The quantitative estimate of drug-likeness (QED) is 0.801. The number of rotatable bonds is 2. The largest absolute Gasteiger partial charge is 0.330 e. The van der Waals surface area contributed by atoms with E-state index in [2.05, 4.69) is 25.7 Å². The summed E-state index contributed by atoms with van der Waals surface area (Å²) in [6.07, 6.45) is 8.28. The standard InChI is InChI=1S/C15H30N2/c1-11-7-8-14(10-16)15(9-11)17-12(2)5-4-6-13(17)3/h11-15H,4-10,16H2,1-3H3. The summed E-state index contributed by atoms with van der Waals surface area (Å²) in [6.45, 7) is 8.14. The lowest BCUT2D eigenvalue weighted by Crippen LogP contribution is -2.55. The van der Waals surface area contributed by atoms with E-state index in [0.717, 1.165) is 36.5 Å². The molecule has 0 amide bonds. The van der Waals surface area contributed by atoms with Crippen molar-refractivity contribution in [3.8, 4) is 0 Å². The van der Waals surface area contributed by atoms with Gasteiger partial charge in [0, 0.05) is 18.1 Å². The molecule has 100 valence electrons. The Morgan fingerprint density at radius 1 is 1.00 bits per heavy atom. The predicted molar refractivity (Wildman–Crippen MR) is 74.0 cm³/mol. The summed E-state index contributed by atoms with van der Waals surface area (Å²) in [5.41, 5.74) is 6.01. The maximum atomic E-state index is 6.01. The van der Waals surface area contributed by atoms with Crippen molar-refractivity contribution in [1.29, 1.82) is 0 Å². The van der Waals surface area contributed by atoms with Crippen molar-refractivity contribution in [2.45, 2.75) is 77.4 Å². The van der Waals surface area contributed by atoms with Gasteiger partial charge in [-0.2, -0.15) is 0 Å². The first-order valence-electron chi connectivity index (χ1n) is 7.61. The highest BCUT2D eigenvalue weighted by Gasteiger charge is 2.37. The van der Waals surface area contributed by atoms with Crippen LogP contribution in [0, 0.1) is 11.8 Å². The van der Waals surface area contributed by atoms with Crippen LogP contribution in [0.3, 0.4) is 0 Å². The molecule has 0 aromatic rings. The second-order valence-corrected chi connectivity index (χ2v) is 6.56. The third-order valence-corrected chi connectivity index (χ3v) is 5.17. The Bertz CT molecular complexity index is 231. The first kappa shape index (κ1) is 13.4. The first-order valence-corrected chi connectivity index (χ1v) is 7.61. The first-order chi connectivity index (χ1) is 8.13. The van der Waals surface area contributed by atoms with Gasteiger partial charge in [0.05, 0.1) is 0 Å². The Hall–Kier alpha value is -0.0800. The number of hydrogen-bond acceptors (Lipinski definition) is 2. The average molecular weight is 238 g/mol. The van der Waals surface area contributed by atoms with Crippen molar-refractivity contribution in [2.24, 2.45) is 17.6 Å². The van der Waals surface area contributed by atoms with Crippen LogP contribution in [-0.2, 0) is 0 Å². The molecule has 0 aromatic carbocycles. The maximum Gasteiger partial charge on any atom is 0.0144 e. The van der Waals surface area contributed by atoms with Gasteiger partial charge in [-0.15, -0.1) is 0 Å². The van der Waals surface area contributed by atoms with E-state index in [9.17, 15) is 0 Å². The van der Waals surface area contributed by atoms with E-state index in [4.69, 9.17) is 5.73 Å². The van der Waals surface area contributed by atoms with Crippen molar-refractivity contribution in [3.05, 3.63) is 0 Å². The fourth-order valence-electron chi connectivity index (χ4n) is 4.15. The Balaban J connectivity index is 2.10.